The molecule has 6 heteroatoms. The van der Waals surface area contributed by atoms with Gasteiger partial charge in [0, 0.05) is 6.54 Å². The van der Waals surface area contributed by atoms with E-state index in [1.165, 1.54) is 12.8 Å². The van der Waals surface area contributed by atoms with Crippen molar-refractivity contribution < 1.29 is 13.9 Å². The lowest BCUT2D eigenvalue weighted by molar-refractivity contribution is -0.0302. The number of halogens is 1. The van der Waals surface area contributed by atoms with E-state index >= 15 is 0 Å². The van der Waals surface area contributed by atoms with Crippen molar-refractivity contribution in [3.8, 4) is 0 Å². The van der Waals surface area contributed by atoms with Crippen molar-refractivity contribution in [2.24, 2.45) is 5.41 Å². The van der Waals surface area contributed by atoms with Gasteiger partial charge in [0.1, 0.15) is 12.0 Å². The highest BCUT2D eigenvalue weighted by Gasteiger charge is 2.40. The van der Waals surface area contributed by atoms with Gasteiger partial charge in [-0.05, 0) is 49.7 Å². The molecule has 5 nitrogen and oxygen atoms in total. The summed E-state index contributed by atoms with van der Waals surface area (Å²) >= 11 is 0. The van der Waals surface area contributed by atoms with Crippen molar-refractivity contribution >= 4 is 11.7 Å². The van der Waals surface area contributed by atoms with Crippen molar-refractivity contribution in [2.75, 3.05) is 24.6 Å². The van der Waals surface area contributed by atoms with Crippen LogP contribution in [-0.2, 0) is 11.3 Å². The number of ether oxygens (including phenoxy) is 1. The number of rotatable bonds is 4. The van der Waals surface area contributed by atoms with Crippen LogP contribution in [0.1, 0.15) is 53.4 Å². The Kier molecular flexibility index (Phi) is 3.98. The Morgan fingerprint density at radius 1 is 1.36 bits per heavy atom. The van der Waals surface area contributed by atoms with E-state index < -0.39 is 6.17 Å². The van der Waals surface area contributed by atoms with Crippen LogP contribution in [-0.4, -0.2) is 42.9 Å². The number of carbonyl (C=O) groups is 1. The first-order valence-electron chi connectivity index (χ1n) is 9.17. The molecular formula is C19H26FN3O2. The van der Waals surface area contributed by atoms with Crippen LogP contribution in [0, 0.1) is 19.3 Å². The van der Waals surface area contributed by atoms with E-state index in [-0.39, 0.29) is 17.4 Å². The topological polar surface area (TPSA) is 54.5 Å². The SMILES string of the molecule is Cc1c(N2CCC(OCC3(C)CC3)[C@H](F)C2)nc2c(c1C)C(=O)NC2. The number of nitrogens with one attached hydrogen (secondary N) is 1. The van der Waals surface area contributed by atoms with E-state index in [2.05, 4.69) is 17.2 Å². The van der Waals surface area contributed by atoms with Crippen LogP contribution in [0.3, 0.4) is 0 Å². The van der Waals surface area contributed by atoms with E-state index in [4.69, 9.17) is 4.74 Å². The number of fused-ring (bicyclic) bond motifs is 1. The third kappa shape index (κ3) is 3.01. The predicted molar refractivity (Wildman–Crippen MR) is 93.7 cm³/mol. The number of anilines is 1. The summed E-state index contributed by atoms with van der Waals surface area (Å²) in [5.41, 5.74) is 3.66. The van der Waals surface area contributed by atoms with Crippen molar-refractivity contribution in [2.45, 2.75) is 58.9 Å². The summed E-state index contributed by atoms with van der Waals surface area (Å²) in [5, 5.41) is 2.82. The fourth-order valence-corrected chi connectivity index (χ4v) is 3.76. The van der Waals surface area contributed by atoms with Gasteiger partial charge in [-0.15, -0.1) is 0 Å². The Morgan fingerprint density at radius 3 is 2.80 bits per heavy atom. The summed E-state index contributed by atoms with van der Waals surface area (Å²) in [6, 6.07) is 0. The van der Waals surface area contributed by atoms with Gasteiger partial charge in [0.25, 0.3) is 5.91 Å². The number of carbonyl (C=O) groups excluding carboxylic acids is 1. The van der Waals surface area contributed by atoms with E-state index in [1.54, 1.807) is 0 Å². The zero-order valence-electron chi connectivity index (χ0n) is 15.2. The molecule has 1 aromatic rings. The maximum absolute atomic E-state index is 14.7. The first-order chi connectivity index (χ1) is 11.9. The summed E-state index contributed by atoms with van der Waals surface area (Å²) in [4.78, 5) is 18.6. The highest BCUT2D eigenvalue weighted by atomic mass is 19.1. The zero-order valence-corrected chi connectivity index (χ0v) is 15.2. The van der Waals surface area contributed by atoms with Gasteiger partial charge < -0.3 is 15.0 Å². The molecule has 2 aliphatic heterocycles. The minimum Gasteiger partial charge on any atom is -0.374 e. The molecule has 1 saturated carbocycles. The molecule has 25 heavy (non-hydrogen) atoms. The predicted octanol–water partition coefficient (Wildman–Crippen LogP) is 2.68. The zero-order chi connectivity index (χ0) is 17.8. The molecule has 0 aromatic carbocycles. The first-order valence-corrected chi connectivity index (χ1v) is 9.17. The van der Waals surface area contributed by atoms with Crippen LogP contribution in [0.15, 0.2) is 0 Å². The molecule has 1 aliphatic carbocycles. The van der Waals surface area contributed by atoms with Gasteiger partial charge in [0.15, 0.2) is 0 Å². The molecule has 0 bridgehead atoms. The van der Waals surface area contributed by atoms with Crippen LogP contribution < -0.4 is 10.2 Å². The minimum absolute atomic E-state index is 0.0568. The van der Waals surface area contributed by atoms with Crippen LogP contribution in [0.4, 0.5) is 10.2 Å². The van der Waals surface area contributed by atoms with Crippen molar-refractivity contribution in [3.05, 3.63) is 22.4 Å². The summed E-state index contributed by atoms with van der Waals surface area (Å²) in [6.45, 7) is 8.27. The van der Waals surface area contributed by atoms with Gasteiger partial charge in [-0.2, -0.15) is 0 Å². The van der Waals surface area contributed by atoms with E-state index in [0.717, 1.165) is 29.2 Å². The molecule has 1 amide bonds. The average Bonchev–Trinajstić information content (AvgIpc) is 3.20. The smallest absolute Gasteiger partial charge is 0.253 e. The number of amides is 1. The second-order valence-electron chi connectivity index (χ2n) is 8.10. The molecule has 0 spiro atoms. The molecule has 2 fully saturated rings. The molecule has 3 heterocycles. The van der Waals surface area contributed by atoms with Crippen LogP contribution in [0.25, 0.3) is 0 Å². The highest BCUT2D eigenvalue weighted by molar-refractivity contribution is 5.99. The summed E-state index contributed by atoms with van der Waals surface area (Å²) in [6.07, 6.45) is 1.73. The van der Waals surface area contributed by atoms with Crippen LogP contribution >= 0.6 is 0 Å². The summed E-state index contributed by atoms with van der Waals surface area (Å²) in [7, 11) is 0. The highest BCUT2D eigenvalue weighted by Crippen LogP contribution is 2.45. The van der Waals surface area contributed by atoms with Gasteiger partial charge in [-0.25, -0.2) is 9.37 Å². The number of hydrogen-bond donors (Lipinski definition) is 1. The number of pyridine rings is 1. The number of aromatic nitrogens is 1. The molecule has 1 saturated heterocycles. The number of piperidine rings is 1. The molecule has 3 aliphatic rings. The van der Waals surface area contributed by atoms with Crippen molar-refractivity contribution in [1.82, 2.24) is 10.3 Å². The lowest BCUT2D eigenvalue weighted by Gasteiger charge is -2.36. The van der Waals surface area contributed by atoms with Crippen LogP contribution in [0.2, 0.25) is 0 Å². The molecule has 1 unspecified atom stereocenters. The average molecular weight is 347 g/mol. The molecular weight excluding hydrogens is 321 g/mol. The fraction of sp³-hybridized carbons (Fsp3) is 0.684. The quantitative estimate of drug-likeness (QED) is 0.910. The number of alkyl halides is 1. The molecule has 0 radical (unpaired) electrons. The van der Waals surface area contributed by atoms with E-state index in [9.17, 15) is 9.18 Å². The third-order valence-corrected chi connectivity index (χ3v) is 5.98. The van der Waals surface area contributed by atoms with Gasteiger partial charge in [0.2, 0.25) is 0 Å². The molecule has 1 N–H and O–H groups in total. The molecule has 1 aromatic heterocycles. The van der Waals surface area contributed by atoms with Gasteiger partial charge >= 0.3 is 0 Å². The second-order valence-corrected chi connectivity index (χ2v) is 8.10. The largest absolute Gasteiger partial charge is 0.374 e. The first kappa shape index (κ1) is 16.8. The normalized spacial score (nSPS) is 27.2. The van der Waals surface area contributed by atoms with Gasteiger partial charge in [-0.1, -0.05) is 6.92 Å². The summed E-state index contributed by atoms with van der Waals surface area (Å²) < 4.78 is 20.6. The Bertz CT molecular complexity index is 717. The summed E-state index contributed by atoms with van der Waals surface area (Å²) in [5.74, 6) is 0.752. The Morgan fingerprint density at radius 2 is 2.12 bits per heavy atom. The minimum atomic E-state index is -1.01. The maximum Gasteiger partial charge on any atom is 0.253 e. The van der Waals surface area contributed by atoms with E-state index in [1.807, 2.05) is 18.7 Å². The van der Waals surface area contributed by atoms with Gasteiger partial charge in [-0.3, -0.25) is 4.79 Å². The fourth-order valence-electron chi connectivity index (χ4n) is 3.76. The Labute approximate surface area is 147 Å². The number of nitrogens with zero attached hydrogens (tertiary/aromatic N) is 2. The van der Waals surface area contributed by atoms with E-state index in [0.29, 0.717) is 31.7 Å². The maximum atomic E-state index is 14.7. The Hall–Kier alpha value is -1.69. The van der Waals surface area contributed by atoms with Crippen molar-refractivity contribution in [3.63, 3.8) is 0 Å². The van der Waals surface area contributed by atoms with Crippen LogP contribution in [0.5, 0.6) is 0 Å². The lowest BCUT2D eigenvalue weighted by atomic mass is 10.0. The standard InChI is InChI=1S/C19H26FN3O2/c1-11-12(2)17(22-14-8-21-18(24)16(11)14)23-7-4-15(13(20)9-23)25-10-19(3)5-6-19/h13,15H,4-10H2,1-3H3,(H,21,24)/t13-,15?/m1/s1. The number of hydrogen-bond acceptors (Lipinski definition) is 4. The van der Waals surface area contributed by atoms with Gasteiger partial charge in [0.05, 0.1) is 37.1 Å². The second kappa shape index (κ2) is 5.94. The monoisotopic (exact) mass is 347 g/mol. The lowest BCUT2D eigenvalue weighted by Crippen LogP contribution is -2.47. The molecule has 136 valence electrons. The van der Waals surface area contributed by atoms with Crippen molar-refractivity contribution in [1.29, 1.82) is 0 Å². The molecule has 4 rings (SSSR count). The molecule has 2 atom stereocenters. The Balaban J connectivity index is 1.48. The third-order valence-electron chi connectivity index (χ3n) is 5.98.